The summed E-state index contributed by atoms with van der Waals surface area (Å²) in [4.78, 5) is 0. The Balaban J connectivity index is 1.47. The Bertz CT molecular complexity index is 465. The minimum absolute atomic E-state index is 0.263. The van der Waals surface area contributed by atoms with Crippen LogP contribution in [0.3, 0.4) is 0 Å². The molecule has 0 spiro atoms. The normalized spacial score (nSPS) is 38.8. The van der Waals surface area contributed by atoms with Gasteiger partial charge in [-0.05, 0) is 68.6 Å². The number of nitrogens with two attached hydrogens (primary N) is 1. The molecular formula is C16H30N2O2S. The van der Waals surface area contributed by atoms with Crippen molar-refractivity contribution in [2.45, 2.75) is 57.4 Å². The molecule has 0 aromatic heterocycles. The highest BCUT2D eigenvalue weighted by molar-refractivity contribution is 7.88. The van der Waals surface area contributed by atoms with Gasteiger partial charge in [0.25, 0.3) is 0 Å². The Morgan fingerprint density at radius 2 is 2.00 bits per heavy atom. The van der Waals surface area contributed by atoms with Crippen LogP contribution >= 0.6 is 0 Å². The standard InChI is InChI=1S/C16H30N2O2S/c1-21(19,20)18-6-2-3-13(11-18)9-16(17)10-15-8-12-4-5-14(15)7-12/h12-16H,2-11,17H2,1H3. The molecule has 0 radical (unpaired) electrons. The summed E-state index contributed by atoms with van der Waals surface area (Å²) in [5, 5.41) is 0. The van der Waals surface area contributed by atoms with Crippen LogP contribution in [-0.2, 0) is 10.0 Å². The number of nitrogens with zero attached hydrogens (tertiary/aromatic N) is 1. The molecule has 2 aliphatic carbocycles. The zero-order valence-electron chi connectivity index (χ0n) is 13.2. The lowest BCUT2D eigenvalue weighted by molar-refractivity contribution is 0.225. The van der Waals surface area contributed by atoms with Crippen LogP contribution in [0.1, 0.15) is 51.4 Å². The number of sulfonamides is 1. The summed E-state index contributed by atoms with van der Waals surface area (Å²) in [5.41, 5.74) is 6.40. The third kappa shape index (κ3) is 3.80. The van der Waals surface area contributed by atoms with E-state index in [0.29, 0.717) is 19.0 Å². The molecule has 3 aliphatic rings. The van der Waals surface area contributed by atoms with Crippen molar-refractivity contribution in [3.63, 3.8) is 0 Å². The minimum atomic E-state index is -3.03. The van der Waals surface area contributed by atoms with Crippen LogP contribution in [0, 0.1) is 23.7 Å². The van der Waals surface area contributed by atoms with Gasteiger partial charge >= 0.3 is 0 Å². The molecule has 5 unspecified atom stereocenters. The molecule has 4 nitrogen and oxygen atoms in total. The van der Waals surface area contributed by atoms with Crippen molar-refractivity contribution < 1.29 is 8.42 Å². The molecule has 0 aromatic carbocycles. The average Bonchev–Trinajstić information content (AvgIpc) is 3.00. The fraction of sp³-hybridized carbons (Fsp3) is 1.00. The summed E-state index contributed by atoms with van der Waals surface area (Å²) >= 11 is 0. The fourth-order valence-electron chi connectivity index (χ4n) is 5.10. The molecule has 2 saturated carbocycles. The van der Waals surface area contributed by atoms with Crippen molar-refractivity contribution >= 4 is 10.0 Å². The first kappa shape index (κ1) is 15.8. The number of hydrogen-bond donors (Lipinski definition) is 1. The van der Waals surface area contributed by atoms with Crippen LogP contribution in [0.15, 0.2) is 0 Å². The lowest BCUT2D eigenvalue weighted by Crippen LogP contribution is -2.41. The van der Waals surface area contributed by atoms with E-state index in [9.17, 15) is 8.42 Å². The summed E-state index contributed by atoms with van der Waals surface area (Å²) in [6, 6.07) is 0.263. The number of fused-ring (bicyclic) bond motifs is 2. The second-order valence-corrected chi connectivity index (χ2v) is 9.78. The Kier molecular flexibility index (Phi) is 4.63. The zero-order chi connectivity index (χ0) is 15.0. The first-order chi connectivity index (χ1) is 9.91. The van der Waals surface area contributed by atoms with Gasteiger partial charge in [-0.2, -0.15) is 0 Å². The molecule has 0 amide bonds. The molecular weight excluding hydrogens is 284 g/mol. The monoisotopic (exact) mass is 314 g/mol. The third-order valence-electron chi connectivity index (χ3n) is 6.08. The lowest BCUT2D eigenvalue weighted by atomic mass is 9.81. The van der Waals surface area contributed by atoms with Gasteiger partial charge in [-0.3, -0.25) is 0 Å². The van der Waals surface area contributed by atoms with Gasteiger partial charge in [-0.1, -0.05) is 6.42 Å². The molecule has 2 bridgehead atoms. The lowest BCUT2D eigenvalue weighted by Gasteiger charge is -2.33. The van der Waals surface area contributed by atoms with Gasteiger partial charge in [-0.15, -0.1) is 0 Å². The van der Waals surface area contributed by atoms with Crippen LogP contribution in [-0.4, -0.2) is 38.1 Å². The number of rotatable bonds is 5. The maximum Gasteiger partial charge on any atom is 0.211 e. The quantitative estimate of drug-likeness (QED) is 0.846. The van der Waals surface area contributed by atoms with E-state index in [1.165, 1.54) is 31.9 Å². The molecule has 1 saturated heterocycles. The second kappa shape index (κ2) is 6.17. The first-order valence-corrected chi connectivity index (χ1v) is 10.5. The third-order valence-corrected chi connectivity index (χ3v) is 7.35. The van der Waals surface area contributed by atoms with E-state index in [1.807, 2.05) is 0 Å². The molecule has 3 fully saturated rings. The zero-order valence-corrected chi connectivity index (χ0v) is 14.0. The molecule has 21 heavy (non-hydrogen) atoms. The van der Waals surface area contributed by atoms with Crippen molar-refractivity contribution in [3.05, 3.63) is 0 Å². The summed E-state index contributed by atoms with van der Waals surface area (Å²) in [6.07, 6.45) is 11.3. The highest BCUT2D eigenvalue weighted by Gasteiger charge is 2.40. The molecule has 1 aliphatic heterocycles. The SMILES string of the molecule is CS(=O)(=O)N1CCCC(CC(N)CC2CC3CCC2C3)C1. The van der Waals surface area contributed by atoms with Crippen molar-refractivity contribution in [3.8, 4) is 0 Å². The van der Waals surface area contributed by atoms with Crippen molar-refractivity contribution in [1.29, 1.82) is 0 Å². The Labute approximate surface area is 129 Å². The molecule has 5 heteroatoms. The van der Waals surface area contributed by atoms with Gasteiger partial charge in [0.15, 0.2) is 0 Å². The van der Waals surface area contributed by atoms with Crippen molar-refractivity contribution in [2.75, 3.05) is 19.3 Å². The molecule has 3 rings (SSSR count). The number of piperidine rings is 1. The van der Waals surface area contributed by atoms with Crippen LogP contribution in [0.5, 0.6) is 0 Å². The summed E-state index contributed by atoms with van der Waals surface area (Å²) in [7, 11) is -3.03. The maximum atomic E-state index is 11.7. The van der Waals surface area contributed by atoms with Crippen molar-refractivity contribution in [1.82, 2.24) is 4.31 Å². The highest BCUT2D eigenvalue weighted by atomic mass is 32.2. The summed E-state index contributed by atoms with van der Waals surface area (Å²) in [6.45, 7) is 1.38. The van der Waals surface area contributed by atoms with Crippen LogP contribution in [0.2, 0.25) is 0 Å². The molecule has 122 valence electrons. The van der Waals surface area contributed by atoms with Gasteiger partial charge in [0.2, 0.25) is 10.0 Å². The molecule has 2 N–H and O–H groups in total. The van der Waals surface area contributed by atoms with E-state index in [2.05, 4.69) is 0 Å². The Morgan fingerprint density at radius 1 is 1.19 bits per heavy atom. The van der Waals surface area contributed by atoms with Gasteiger partial charge in [0.05, 0.1) is 6.26 Å². The van der Waals surface area contributed by atoms with Crippen molar-refractivity contribution in [2.24, 2.45) is 29.4 Å². The minimum Gasteiger partial charge on any atom is -0.328 e. The highest BCUT2D eigenvalue weighted by Crippen LogP contribution is 2.50. The van der Waals surface area contributed by atoms with E-state index in [-0.39, 0.29) is 6.04 Å². The van der Waals surface area contributed by atoms with Gasteiger partial charge in [0, 0.05) is 19.1 Å². The fourth-order valence-corrected chi connectivity index (χ4v) is 6.04. The van der Waals surface area contributed by atoms with Gasteiger partial charge < -0.3 is 5.73 Å². The van der Waals surface area contributed by atoms with Gasteiger partial charge in [0.1, 0.15) is 0 Å². The maximum absolute atomic E-state index is 11.7. The smallest absolute Gasteiger partial charge is 0.211 e. The van der Waals surface area contributed by atoms with Crippen LogP contribution < -0.4 is 5.73 Å². The summed E-state index contributed by atoms with van der Waals surface area (Å²) in [5.74, 6) is 3.25. The second-order valence-electron chi connectivity index (χ2n) is 7.80. The topological polar surface area (TPSA) is 63.4 Å². The van der Waals surface area contributed by atoms with Gasteiger partial charge in [-0.25, -0.2) is 12.7 Å². The molecule has 0 aromatic rings. The summed E-state index contributed by atoms with van der Waals surface area (Å²) < 4.78 is 25.0. The largest absolute Gasteiger partial charge is 0.328 e. The van der Waals surface area contributed by atoms with E-state index in [1.54, 1.807) is 4.31 Å². The molecule has 1 heterocycles. The van der Waals surface area contributed by atoms with E-state index in [4.69, 9.17) is 5.73 Å². The predicted molar refractivity (Wildman–Crippen MR) is 85.3 cm³/mol. The predicted octanol–water partition coefficient (Wildman–Crippen LogP) is 2.20. The van der Waals surface area contributed by atoms with E-state index in [0.717, 1.165) is 43.4 Å². The van der Waals surface area contributed by atoms with Crippen LogP contribution in [0.4, 0.5) is 0 Å². The van der Waals surface area contributed by atoms with Crippen LogP contribution in [0.25, 0.3) is 0 Å². The number of hydrogen-bond acceptors (Lipinski definition) is 3. The Hall–Kier alpha value is -0.130. The van der Waals surface area contributed by atoms with E-state index >= 15 is 0 Å². The molecule has 5 atom stereocenters. The van der Waals surface area contributed by atoms with E-state index < -0.39 is 10.0 Å². The Morgan fingerprint density at radius 3 is 2.62 bits per heavy atom. The average molecular weight is 314 g/mol. The first-order valence-electron chi connectivity index (χ1n) is 8.62.